The topological polar surface area (TPSA) is 106 Å². The van der Waals surface area contributed by atoms with Crippen molar-refractivity contribution in [3.63, 3.8) is 0 Å². The summed E-state index contributed by atoms with van der Waals surface area (Å²) in [5, 5.41) is 13.8. The Balaban J connectivity index is 1.65. The Labute approximate surface area is 178 Å². The van der Waals surface area contributed by atoms with Crippen molar-refractivity contribution in [2.45, 2.75) is 0 Å². The summed E-state index contributed by atoms with van der Waals surface area (Å²) in [6.07, 6.45) is 5.54. The number of ether oxygens (including phenoxy) is 2. The second-order valence-corrected chi connectivity index (χ2v) is 8.25. The van der Waals surface area contributed by atoms with E-state index in [-0.39, 0.29) is 10.6 Å². The fourth-order valence-corrected chi connectivity index (χ4v) is 3.99. The average molecular weight is 481 g/mol. The van der Waals surface area contributed by atoms with Crippen molar-refractivity contribution >= 4 is 50.8 Å². The van der Waals surface area contributed by atoms with E-state index in [0.29, 0.717) is 40.8 Å². The number of anilines is 1. The number of amides is 1. The monoisotopic (exact) mass is 480 g/mol. The van der Waals surface area contributed by atoms with E-state index >= 15 is 0 Å². The molecule has 2 heterocycles. The van der Waals surface area contributed by atoms with Gasteiger partial charge in [0.15, 0.2) is 16.4 Å². The van der Waals surface area contributed by atoms with E-state index in [0.717, 1.165) is 11.3 Å². The summed E-state index contributed by atoms with van der Waals surface area (Å²) in [6.45, 7) is 1.68. The van der Waals surface area contributed by atoms with Crippen LogP contribution in [0.1, 0.15) is 9.67 Å². The van der Waals surface area contributed by atoms with E-state index < -0.39 is 10.8 Å². The van der Waals surface area contributed by atoms with Crippen molar-refractivity contribution in [2.75, 3.05) is 32.2 Å². The highest BCUT2D eigenvalue weighted by molar-refractivity contribution is 9.11. The number of nitro groups is 1. The summed E-state index contributed by atoms with van der Waals surface area (Å²) < 4.78 is 11.6. The SMILES string of the molecule is COc1cc(NC(=O)c2sc(Br)cc2[N+](=O)[O-])ccc1OCCN1C=CC=NC1. The van der Waals surface area contributed by atoms with Gasteiger partial charge in [-0.2, -0.15) is 0 Å². The first-order chi connectivity index (χ1) is 14.0. The first-order valence-corrected chi connectivity index (χ1v) is 10.1. The number of aliphatic imine (C=N–C) groups is 1. The molecule has 29 heavy (non-hydrogen) atoms. The van der Waals surface area contributed by atoms with Crippen molar-refractivity contribution in [3.05, 3.63) is 55.3 Å². The zero-order valence-electron chi connectivity index (χ0n) is 15.3. The molecule has 1 N–H and O–H groups in total. The molecule has 1 amide bonds. The number of benzene rings is 1. The Hall–Kier alpha value is -2.92. The van der Waals surface area contributed by atoms with Crippen LogP contribution in [0.25, 0.3) is 0 Å². The van der Waals surface area contributed by atoms with Gasteiger partial charge in [0.05, 0.1) is 22.4 Å². The lowest BCUT2D eigenvalue weighted by Crippen LogP contribution is -2.25. The van der Waals surface area contributed by atoms with E-state index in [1.165, 1.54) is 13.2 Å². The number of nitrogens with zero attached hydrogens (tertiary/aromatic N) is 3. The highest BCUT2D eigenvalue weighted by Gasteiger charge is 2.24. The van der Waals surface area contributed by atoms with Crippen LogP contribution in [0, 0.1) is 10.1 Å². The molecule has 0 atom stereocenters. The molecule has 0 unspecified atom stereocenters. The molecule has 0 aliphatic carbocycles. The molecule has 0 saturated carbocycles. The maximum atomic E-state index is 12.5. The molecule has 152 valence electrons. The summed E-state index contributed by atoms with van der Waals surface area (Å²) >= 11 is 4.17. The van der Waals surface area contributed by atoms with Crippen molar-refractivity contribution in [2.24, 2.45) is 4.99 Å². The van der Waals surface area contributed by atoms with Crippen molar-refractivity contribution in [3.8, 4) is 11.5 Å². The lowest BCUT2D eigenvalue weighted by Gasteiger charge is -2.20. The second-order valence-electron chi connectivity index (χ2n) is 5.82. The molecule has 0 bridgehead atoms. The van der Waals surface area contributed by atoms with Gasteiger partial charge in [-0.05, 0) is 34.1 Å². The van der Waals surface area contributed by atoms with Gasteiger partial charge < -0.3 is 19.7 Å². The largest absolute Gasteiger partial charge is 0.493 e. The van der Waals surface area contributed by atoms with Crippen LogP contribution in [-0.4, -0.2) is 48.9 Å². The van der Waals surface area contributed by atoms with Crippen molar-refractivity contribution in [1.82, 2.24) is 4.90 Å². The van der Waals surface area contributed by atoms with E-state index in [9.17, 15) is 14.9 Å². The lowest BCUT2D eigenvalue weighted by atomic mass is 10.2. The smallest absolute Gasteiger partial charge is 0.294 e. The molecule has 2 aromatic rings. The number of halogens is 1. The number of nitrogens with one attached hydrogen (secondary N) is 1. The Bertz CT molecular complexity index is 975. The molecular weight excluding hydrogens is 464 g/mol. The molecule has 0 radical (unpaired) electrons. The number of rotatable bonds is 8. The van der Waals surface area contributed by atoms with Crippen molar-refractivity contribution in [1.29, 1.82) is 0 Å². The quantitative estimate of drug-likeness (QED) is 0.453. The van der Waals surface area contributed by atoms with Gasteiger partial charge in [-0.15, -0.1) is 11.3 Å². The molecule has 1 aromatic carbocycles. The molecule has 1 aromatic heterocycles. The molecule has 0 fully saturated rings. The maximum Gasteiger partial charge on any atom is 0.294 e. The van der Waals surface area contributed by atoms with E-state index in [1.54, 1.807) is 24.4 Å². The van der Waals surface area contributed by atoms with Gasteiger partial charge in [-0.1, -0.05) is 0 Å². The van der Waals surface area contributed by atoms with Gasteiger partial charge in [0.1, 0.15) is 13.3 Å². The second kappa shape index (κ2) is 9.52. The predicted octanol–water partition coefficient (Wildman–Crippen LogP) is 3.92. The average Bonchev–Trinajstić information content (AvgIpc) is 3.12. The Morgan fingerprint density at radius 1 is 1.41 bits per heavy atom. The molecule has 1 aliphatic rings. The standard InChI is InChI=1S/C18H17BrN4O5S/c1-27-15-9-12(21-18(24)17-13(23(25)26)10-16(19)29-17)3-4-14(15)28-8-7-22-6-2-5-20-11-22/h2-6,9-10H,7-8,11H2,1H3,(H,21,24). The summed E-state index contributed by atoms with van der Waals surface area (Å²) in [6, 6.07) is 6.24. The third-order valence-electron chi connectivity index (χ3n) is 3.89. The predicted molar refractivity (Wildman–Crippen MR) is 114 cm³/mol. The number of methoxy groups -OCH3 is 1. The number of hydrogen-bond donors (Lipinski definition) is 1. The zero-order chi connectivity index (χ0) is 20.8. The van der Waals surface area contributed by atoms with Crippen LogP contribution in [0.3, 0.4) is 0 Å². The normalized spacial score (nSPS) is 12.7. The summed E-state index contributed by atoms with van der Waals surface area (Å²) in [5.41, 5.74) is 0.189. The molecule has 1 aliphatic heterocycles. The Morgan fingerprint density at radius 3 is 2.93 bits per heavy atom. The molecule has 0 spiro atoms. The lowest BCUT2D eigenvalue weighted by molar-refractivity contribution is -0.384. The minimum Gasteiger partial charge on any atom is -0.493 e. The van der Waals surface area contributed by atoms with Crippen LogP contribution in [0.4, 0.5) is 11.4 Å². The van der Waals surface area contributed by atoms with Gasteiger partial charge in [0.2, 0.25) is 0 Å². The number of allylic oxidation sites excluding steroid dienone is 1. The highest BCUT2D eigenvalue weighted by atomic mass is 79.9. The number of carbonyl (C=O) groups excluding carboxylic acids is 1. The first-order valence-electron chi connectivity index (χ1n) is 8.44. The third kappa shape index (κ3) is 5.33. The van der Waals surface area contributed by atoms with Crippen LogP contribution in [-0.2, 0) is 0 Å². The third-order valence-corrected chi connectivity index (χ3v) is 5.52. The van der Waals surface area contributed by atoms with Gasteiger partial charge in [0, 0.05) is 30.2 Å². The fourth-order valence-electron chi connectivity index (χ4n) is 2.54. The van der Waals surface area contributed by atoms with Crippen LogP contribution in [0.15, 0.2) is 45.3 Å². The maximum absolute atomic E-state index is 12.5. The molecule has 0 saturated heterocycles. The van der Waals surface area contributed by atoms with Crippen LogP contribution < -0.4 is 14.8 Å². The van der Waals surface area contributed by atoms with Crippen LogP contribution in [0.5, 0.6) is 11.5 Å². The van der Waals surface area contributed by atoms with Gasteiger partial charge in [0.25, 0.3) is 11.6 Å². The fraction of sp³-hybridized carbons (Fsp3) is 0.222. The molecule has 11 heteroatoms. The highest BCUT2D eigenvalue weighted by Crippen LogP contribution is 2.34. The molecular formula is C18H17BrN4O5S. The first kappa shape index (κ1) is 20.8. The zero-order valence-corrected chi connectivity index (χ0v) is 17.7. The molecule has 9 nitrogen and oxygen atoms in total. The summed E-state index contributed by atoms with van der Waals surface area (Å²) in [7, 11) is 1.50. The van der Waals surface area contributed by atoms with Crippen LogP contribution in [0.2, 0.25) is 0 Å². The van der Waals surface area contributed by atoms with Gasteiger partial charge in [-0.25, -0.2) is 0 Å². The Morgan fingerprint density at radius 2 is 2.24 bits per heavy atom. The molecule has 3 rings (SSSR count). The van der Waals surface area contributed by atoms with Gasteiger partial charge >= 0.3 is 0 Å². The minimum absolute atomic E-state index is 0.0124. The van der Waals surface area contributed by atoms with E-state index in [4.69, 9.17) is 9.47 Å². The Kier molecular flexibility index (Phi) is 6.83. The number of hydrogen-bond acceptors (Lipinski definition) is 8. The summed E-state index contributed by atoms with van der Waals surface area (Å²) in [4.78, 5) is 29.2. The van der Waals surface area contributed by atoms with Gasteiger partial charge in [-0.3, -0.25) is 19.9 Å². The minimum atomic E-state index is -0.587. The van der Waals surface area contributed by atoms with Crippen molar-refractivity contribution < 1.29 is 19.2 Å². The number of thiophene rings is 1. The number of carbonyl (C=O) groups is 1. The van der Waals surface area contributed by atoms with E-state index in [2.05, 4.69) is 26.2 Å². The van der Waals surface area contributed by atoms with E-state index in [1.807, 2.05) is 17.2 Å². The summed E-state index contributed by atoms with van der Waals surface area (Å²) in [5.74, 6) is 0.400. The van der Waals surface area contributed by atoms with Crippen LogP contribution >= 0.6 is 27.3 Å².